The minimum atomic E-state index is 0.474. The molecule has 2 aromatic carbocycles. The van der Waals surface area contributed by atoms with Crippen molar-refractivity contribution < 1.29 is 4.74 Å². The maximum Gasteiger partial charge on any atom is 0.194 e. The Bertz CT molecular complexity index is 950. The van der Waals surface area contributed by atoms with Gasteiger partial charge in [-0.1, -0.05) is 42.5 Å². The van der Waals surface area contributed by atoms with Crippen LogP contribution in [0.25, 0.3) is 0 Å². The molecule has 7 nitrogen and oxygen atoms in total. The molecule has 158 valence electrons. The molecule has 0 aliphatic carbocycles. The van der Waals surface area contributed by atoms with Crippen LogP contribution in [0, 0.1) is 6.92 Å². The van der Waals surface area contributed by atoms with Crippen molar-refractivity contribution in [1.29, 1.82) is 0 Å². The molecular formula is C23H30N6O. The molecule has 30 heavy (non-hydrogen) atoms. The van der Waals surface area contributed by atoms with Gasteiger partial charge < -0.3 is 19.5 Å². The summed E-state index contributed by atoms with van der Waals surface area (Å²) in [7, 11) is 5.69. The molecule has 0 aliphatic rings. The highest BCUT2D eigenvalue weighted by Crippen LogP contribution is 2.11. The van der Waals surface area contributed by atoms with E-state index < -0.39 is 0 Å². The SMILES string of the molecule is COc1ccc(CCNC(=NCc2nnc(C)n2C)N(C)Cc2ccccc2)cc1. The highest BCUT2D eigenvalue weighted by molar-refractivity contribution is 5.79. The van der Waals surface area contributed by atoms with Gasteiger partial charge in [-0.05, 0) is 36.6 Å². The molecule has 0 aliphatic heterocycles. The molecule has 0 radical (unpaired) electrons. The van der Waals surface area contributed by atoms with Gasteiger partial charge in [0.15, 0.2) is 11.8 Å². The van der Waals surface area contributed by atoms with Crippen LogP contribution in [-0.4, -0.2) is 46.3 Å². The van der Waals surface area contributed by atoms with Crippen molar-refractivity contribution in [3.63, 3.8) is 0 Å². The highest BCUT2D eigenvalue weighted by Gasteiger charge is 2.10. The molecular weight excluding hydrogens is 376 g/mol. The second-order valence-corrected chi connectivity index (χ2v) is 7.23. The van der Waals surface area contributed by atoms with Crippen LogP contribution in [0.1, 0.15) is 22.8 Å². The smallest absolute Gasteiger partial charge is 0.194 e. The number of aromatic nitrogens is 3. The predicted molar refractivity (Wildman–Crippen MR) is 119 cm³/mol. The summed E-state index contributed by atoms with van der Waals surface area (Å²) in [4.78, 5) is 6.94. The lowest BCUT2D eigenvalue weighted by Crippen LogP contribution is -2.39. The van der Waals surface area contributed by atoms with E-state index in [-0.39, 0.29) is 0 Å². The van der Waals surface area contributed by atoms with E-state index in [0.717, 1.165) is 42.9 Å². The zero-order valence-electron chi connectivity index (χ0n) is 18.2. The molecule has 7 heteroatoms. The third kappa shape index (κ3) is 5.83. The molecule has 0 amide bonds. The van der Waals surface area contributed by atoms with Gasteiger partial charge in [-0.25, -0.2) is 4.99 Å². The molecule has 3 rings (SSSR count). The summed E-state index contributed by atoms with van der Waals surface area (Å²) < 4.78 is 7.20. The van der Waals surface area contributed by atoms with Crippen LogP contribution in [0.3, 0.4) is 0 Å². The Hall–Kier alpha value is -3.35. The van der Waals surface area contributed by atoms with Gasteiger partial charge in [0.2, 0.25) is 0 Å². The number of aliphatic imine (C=N–C) groups is 1. The second kappa shape index (κ2) is 10.4. The molecule has 3 aromatic rings. The molecule has 0 saturated carbocycles. The van der Waals surface area contributed by atoms with Crippen molar-refractivity contribution in [3.05, 3.63) is 77.4 Å². The molecule has 0 spiro atoms. The average molecular weight is 407 g/mol. The lowest BCUT2D eigenvalue weighted by Gasteiger charge is -2.23. The third-order valence-electron chi connectivity index (χ3n) is 5.03. The zero-order valence-corrected chi connectivity index (χ0v) is 18.2. The number of aryl methyl sites for hydroxylation is 1. The van der Waals surface area contributed by atoms with E-state index in [2.05, 4.69) is 56.8 Å². The first-order valence-electron chi connectivity index (χ1n) is 10.1. The van der Waals surface area contributed by atoms with Crippen molar-refractivity contribution in [2.75, 3.05) is 20.7 Å². The number of nitrogens with zero attached hydrogens (tertiary/aromatic N) is 5. The third-order valence-corrected chi connectivity index (χ3v) is 5.03. The fourth-order valence-electron chi connectivity index (χ4n) is 3.09. The van der Waals surface area contributed by atoms with Gasteiger partial charge in [0.1, 0.15) is 18.1 Å². The second-order valence-electron chi connectivity index (χ2n) is 7.23. The van der Waals surface area contributed by atoms with E-state index in [1.807, 2.05) is 43.8 Å². The van der Waals surface area contributed by atoms with Gasteiger partial charge in [-0.15, -0.1) is 10.2 Å². The van der Waals surface area contributed by atoms with Crippen LogP contribution in [0.5, 0.6) is 5.75 Å². The van der Waals surface area contributed by atoms with Crippen LogP contribution >= 0.6 is 0 Å². The number of nitrogens with one attached hydrogen (secondary N) is 1. The average Bonchev–Trinajstić information content (AvgIpc) is 3.09. The van der Waals surface area contributed by atoms with Crippen LogP contribution in [0.4, 0.5) is 0 Å². The van der Waals surface area contributed by atoms with E-state index in [1.54, 1.807) is 7.11 Å². The van der Waals surface area contributed by atoms with Crippen LogP contribution in [0.15, 0.2) is 59.6 Å². The fourth-order valence-corrected chi connectivity index (χ4v) is 3.09. The first kappa shape index (κ1) is 21.4. The molecule has 0 fully saturated rings. The Morgan fingerprint density at radius 1 is 1.07 bits per heavy atom. The maximum atomic E-state index is 5.23. The van der Waals surface area contributed by atoms with Crippen LogP contribution in [-0.2, 0) is 26.6 Å². The van der Waals surface area contributed by atoms with Gasteiger partial charge in [-0.3, -0.25) is 0 Å². The Morgan fingerprint density at radius 2 is 1.80 bits per heavy atom. The number of hydrogen-bond acceptors (Lipinski definition) is 4. The Labute approximate surface area is 178 Å². The van der Waals surface area contributed by atoms with Gasteiger partial charge >= 0.3 is 0 Å². The number of guanidine groups is 1. The Morgan fingerprint density at radius 3 is 2.43 bits per heavy atom. The first-order valence-corrected chi connectivity index (χ1v) is 10.1. The molecule has 0 saturated heterocycles. The van der Waals surface area contributed by atoms with Crippen molar-refractivity contribution in [2.24, 2.45) is 12.0 Å². The number of rotatable bonds is 8. The topological polar surface area (TPSA) is 67.6 Å². The normalized spacial score (nSPS) is 11.4. The lowest BCUT2D eigenvalue weighted by atomic mass is 10.1. The summed E-state index contributed by atoms with van der Waals surface area (Å²) in [5.41, 5.74) is 2.48. The fraction of sp³-hybridized carbons (Fsp3) is 0.348. The van der Waals surface area contributed by atoms with Crippen molar-refractivity contribution >= 4 is 5.96 Å². The lowest BCUT2D eigenvalue weighted by molar-refractivity contribution is 0.414. The van der Waals surface area contributed by atoms with Crippen LogP contribution < -0.4 is 10.1 Å². The number of hydrogen-bond donors (Lipinski definition) is 1. The van der Waals surface area contributed by atoms with Gasteiger partial charge in [0.05, 0.1) is 7.11 Å². The summed E-state index contributed by atoms with van der Waals surface area (Å²) in [6, 6.07) is 18.5. The monoisotopic (exact) mass is 406 g/mol. The van der Waals surface area contributed by atoms with E-state index in [9.17, 15) is 0 Å². The summed E-state index contributed by atoms with van der Waals surface area (Å²) in [6.07, 6.45) is 0.894. The number of methoxy groups -OCH3 is 1. The minimum absolute atomic E-state index is 0.474. The van der Waals surface area contributed by atoms with Gasteiger partial charge in [-0.2, -0.15) is 0 Å². The van der Waals surface area contributed by atoms with Gasteiger partial charge in [0, 0.05) is 27.2 Å². The van der Waals surface area contributed by atoms with Crippen molar-refractivity contribution in [3.8, 4) is 5.75 Å². The van der Waals surface area contributed by atoms with Crippen molar-refractivity contribution in [2.45, 2.75) is 26.4 Å². The predicted octanol–water partition coefficient (Wildman–Crippen LogP) is 2.95. The van der Waals surface area contributed by atoms with E-state index >= 15 is 0 Å². The molecule has 0 unspecified atom stereocenters. The van der Waals surface area contributed by atoms with Crippen molar-refractivity contribution in [1.82, 2.24) is 25.0 Å². The van der Waals surface area contributed by atoms with Gasteiger partial charge in [0.25, 0.3) is 0 Å². The summed E-state index contributed by atoms with van der Waals surface area (Å²) in [5, 5.41) is 11.8. The molecule has 1 heterocycles. The first-order chi connectivity index (χ1) is 14.6. The molecule has 0 atom stereocenters. The van der Waals surface area contributed by atoms with E-state index in [1.165, 1.54) is 11.1 Å². The van der Waals surface area contributed by atoms with Crippen LogP contribution in [0.2, 0.25) is 0 Å². The number of benzene rings is 2. The largest absolute Gasteiger partial charge is 0.497 e. The highest BCUT2D eigenvalue weighted by atomic mass is 16.5. The summed E-state index contributed by atoms with van der Waals surface area (Å²) >= 11 is 0. The quantitative estimate of drug-likeness (QED) is 0.460. The maximum absolute atomic E-state index is 5.23. The number of ether oxygens (including phenoxy) is 1. The zero-order chi connectivity index (χ0) is 21.3. The standard InChI is InChI=1S/C23H30N6O/c1-18-26-27-22(29(18)3)16-25-23(28(2)17-20-8-6-5-7-9-20)24-15-14-19-10-12-21(30-4)13-11-19/h5-13H,14-17H2,1-4H3,(H,24,25). The van der Waals surface area contributed by atoms with E-state index in [4.69, 9.17) is 9.73 Å². The molecule has 1 N–H and O–H groups in total. The molecule has 0 bridgehead atoms. The van der Waals surface area contributed by atoms with E-state index in [0.29, 0.717) is 6.54 Å². The summed E-state index contributed by atoms with van der Waals surface area (Å²) in [6.45, 7) is 3.96. The summed E-state index contributed by atoms with van der Waals surface area (Å²) in [5.74, 6) is 3.44. The Balaban J connectivity index is 1.67. The minimum Gasteiger partial charge on any atom is -0.497 e. The Kier molecular flexibility index (Phi) is 7.43. The molecule has 1 aromatic heterocycles.